The summed E-state index contributed by atoms with van der Waals surface area (Å²) in [5, 5.41) is 13.4. The number of benzene rings is 2. The molecule has 0 fully saturated rings. The van der Waals surface area contributed by atoms with Crippen molar-refractivity contribution in [2.45, 2.75) is 19.4 Å². The molecular weight excluding hydrogens is 431 g/mol. The van der Waals surface area contributed by atoms with Crippen LogP contribution in [0.5, 0.6) is 5.75 Å². The van der Waals surface area contributed by atoms with Crippen molar-refractivity contribution in [2.75, 3.05) is 12.4 Å². The molecule has 0 saturated heterocycles. The van der Waals surface area contributed by atoms with Crippen LogP contribution in [0.25, 0.3) is 10.2 Å². The van der Waals surface area contributed by atoms with Gasteiger partial charge in [-0.15, -0.1) is 11.3 Å². The first-order valence-electron chi connectivity index (χ1n) is 9.91. The molecule has 0 radical (unpaired) electrons. The highest BCUT2D eigenvalue weighted by Crippen LogP contribution is 2.29. The molecule has 164 valence electrons. The van der Waals surface area contributed by atoms with Gasteiger partial charge in [0.05, 0.1) is 25.3 Å². The molecule has 2 aromatic heterocycles. The molecule has 0 saturated carbocycles. The van der Waals surface area contributed by atoms with E-state index in [1.807, 2.05) is 30.3 Å². The first-order valence-corrected chi connectivity index (χ1v) is 10.7. The van der Waals surface area contributed by atoms with E-state index in [9.17, 15) is 14.0 Å². The van der Waals surface area contributed by atoms with Gasteiger partial charge in [-0.1, -0.05) is 30.3 Å². The monoisotopic (exact) mass is 452 g/mol. The molecule has 2 aromatic carbocycles. The number of fused-ring (bicyclic) bond motifs is 1. The second-order valence-electron chi connectivity index (χ2n) is 7.15. The highest BCUT2D eigenvalue weighted by atomic mass is 32.1. The molecule has 4 rings (SSSR count). The summed E-state index contributed by atoms with van der Waals surface area (Å²) >= 11 is 1.36. The van der Waals surface area contributed by atoms with Gasteiger partial charge in [-0.05, 0) is 29.8 Å². The Hall–Kier alpha value is -3.72. The largest absolute Gasteiger partial charge is 0.497 e. The van der Waals surface area contributed by atoms with Crippen molar-refractivity contribution < 1.29 is 18.7 Å². The summed E-state index contributed by atoms with van der Waals surface area (Å²) in [6.45, 7) is 0.125. The van der Waals surface area contributed by atoms with Gasteiger partial charge in [-0.25, -0.2) is 4.39 Å². The molecule has 2 heterocycles. The third-order valence-corrected chi connectivity index (χ3v) is 5.86. The van der Waals surface area contributed by atoms with E-state index in [1.54, 1.807) is 25.3 Å². The van der Waals surface area contributed by atoms with Crippen molar-refractivity contribution >= 4 is 39.2 Å². The van der Waals surface area contributed by atoms with Crippen LogP contribution in [0, 0.1) is 5.82 Å². The fraction of sp³-hybridized carbons (Fsp3) is 0.174. The van der Waals surface area contributed by atoms with Crippen LogP contribution in [-0.2, 0) is 29.0 Å². The molecule has 4 aromatic rings. The van der Waals surface area contributed by atoms with E-state index < -0.39 is 0 Å². The Morgan fingerprint density at radius 3 is 2.75 bits per heavy atom. The van der Waals surface area contributed by atoms with Gasteiger partial charge in [-0.2, -0.15) is 5.10 Å². The Labute approximate surface area is 187 Å². The number of aromatic amines is 1. The minimum absolute atomic E-state index is 0.125. The molecule has 0 atom stereocenters. The Morgan fingerprint density at radius 1 is 1.09 bits per heavy atom. The summed E-state index contributed by atoms with van der Waals surface area (Å²) < 4.78 is 18.9. The number of anilines is 1. The van der Waals surface area contributed by atoms with Crippen LogP contribution >= 0.6 is 11.3 Å². The molecule has 7 nitrogen and oxygen atoms in total. The zero-order valence-electron chi connectivity index (χ0n) is 17.3. The van der Waals surface area contributed by atoms with Crippen molar-refractivity contribution in [1.82, 2.24) is 15.5 Å². The number of ether oxygens (including phenoxy) is 1. The Kier molecular flexibility index (Phi) is 6.46. The number of halogens is 1. The first-order chi connectivity index (χ1) is 15.5. The van der Waals surface area contributed by atoms with Crippen LogP contribution in [0.15, 0.2) is 54.6 Å². The van der Waals surface area contributed by atoms with E-state index in [4.69, 9.17) is 4.74 Å². The average molecular weight is 453 g/mol. The summed E-state index contributed by atoms with van der Waals surface area (Å²) in [5.74, 6) is 0.415. The number of carbonyl (C=O) groups excluding carboxylic acids is 2. The number of hydrogen-bond donors (Lipinski definition) is 3. The van der Waals surface area contributed by atoms with Gasteiger partial charge in [-0.3, -0.25) is 14.7 Å². The van der Waals surface area contributed by atoms with Crippen molar-refractivity contribution in [3.63, 3.8) is 0 Å². The minimum atomic E-state index is -0.350. The lowest BCUT2D eigenvalue weighted by atomic mass is 10.1. The maximum Gasteiger partial charge on any atom is 0.229 e. The van der Waals surface area contributed by atoms with E-state index in [2.05, 4.69) is 20.8 Å². The molecule has 9 heteroatoms. The fourth-order valence-electron chi connectivity index (χ4n) is 3.25. The standard InChI is InChI=1S/C23H21FN4O3S/c1-31-16-7-4-5-14(9-16)10-21(30)26-22-18-11-17(32-23(18)28-27-22)12-20(29)25-13-15-6-2-3-8-19(15)24/h2-9,11H,10,12-13H2,1H3,(H,25,29)(H2,26,27,28,30). The Balaban J connectivity index is 1.37. The second-order valence-corrected chi connectivity index (χ2v) is 8.27. The number of carbonyl (C=O) groups is 2. The van der Waals surface area contributed by atoms with E-state index >= 15 is 0 Å². The third-order valence-electron chi connectivity index (χ3n) is 4.83. The van der Waals surface area contributed by atoms with Gasteiger partial charge in [0.25, 0.3) is 0 Å². The predicted molar refractivity (Wildman–Crippen MR) is 121 cm³/mol. The van der Waals surface area contributed by atoms with Crippen molar-refractivity contribution in [1.29, 1.82) is 0 Å². The van der Waals surface area contributed by atoms with Gasteiger partial charge in [0, 0.05) is 17.0 Å². The van der Waals surface area contributed by atoms with Crippen molar-refractivity contribution in [2.24, 2.45) is 0 Å². The molecule has 0 unspecified atom stereocenters. The Morgan fingerprint density at radius 2 is 1.94 bits per heavy atom. The van der Waals surface area contributed by atoms with E-state index in [0.717, 1.165) is 15.8 Å². The van der Waals surface area contributed by atoms with Gasteiger partial charge in [0.2, 0.25) is 11.8 Å². The smallest absolute Gasteiger partial charge is 0.229 e. The molecule has 0 aliphatic rings. The number of amides is 2. The maximum atomic E-state index is 13.7. The summed E-state index contributed by atoms with van der Waals surface area (Å²) in [7, 11) is 1.58. The fourth-order valence-corrected chi connectivity index (χ4v) is 4.24. The lowest BCUT2D eigenvalue weighted by molar-refractivity contribution is -0.120. The number of nitrogens with zero attached hydrogens (tertiary/aromatic N) is 1. The average Bonchev–Trinajstić information content (AvgIpc) is 3.34. The van der Waals surface area contributed by atoms with Crippen molar-refractivity contribution in [3.8, 4) is 5.75 Å². The minimum Gasteiger partial charge on any atom is -0.497 e. The zero-order chi connectivity index (χ0) is 22.5. The van der Waals surface area contributed by atoms with E-state index in [0.29, 0.717) is 22.0 Å². The molecule has 0 aliphatic heterocycles. The first kappa shape index (κ1) is 21.5. The molecule has 32 heavy (non-hydrogen) atoms. The molecule has 0 spiro atoms. The SMILES string of the molecule is COc1cccc(CC(=O)Nc2[nH]nc3sc(CC(=O)NCc4ccccc4F)cc23)c1. The van der Waals surface area contributed by atoms with Crippen molar-refractivity contribution in [3.05, 3.63) is 76.4 Å². The van der Waals surface area contributed by atoms with Crippen LogP contribution in [0.3, 0.4) is 0 Å². The topological polar surface area (TPSA) is 96.1 Å². The molecule has 0 aliphatic carbocycles. The quantitative estimate of drug-likeness (QED) is 0.379. The summed E-state index contributed by atoms with van der Waals surface area (Å²) in [5.41, 5.74) is 1.26. The number of rotatable bonds is 8. The van der Waals surface area contributed by atoms with E-state index in [-0.39, 0.29) is 37.0 Å². The van der Waals surface area contributed by atoms with Crippen LogP contribution in [0.1, 0.15) is 16.0 Å². The predicted octanol–water partition coefficient (Wildman–Crippen LogP) is 3.81. The lowest BCUT2D eigenvalue weighted by Crippen LogP contribution is -2.24. The van der Waals surface area contributed by atoms with Crippen LogP contribution < -0.4 is 15.4 Å². The highest BCUT2D eigenvalue weighted by Gasteiger charge is 2.15. The van der Waals surface area contributed by atoms with Gasteiger partial charge in [0.1, 0.15) is 22.2 Å². The van der Waals surface area contributed by atoms with Crippen LogP contribution in [0.4, 0.5) is 10.2 Å². The van der Waals surface area contributed by atoms with Gasteiger partial charge >= 0.3 is 0 Å². The number of H-pyrrole nitrogens is 1. The van der Waals surface area contributed by atoms with Gasteiger partial charge in [0.15, 0.2) is 0 Å². The normalized spacial score (nSPS) is 10.8. The zero-order valence-corrected chi connectivity index (χ0v) is 18.1. The number of aromatic nitrogens is 2. The second kappa shape index (κ2) is 9.61. The number of methoxy groups -OCH3 is 1. The van der Waals surface area contributed by atoms with Crippen LogP contribution in [0.2, 0.25) is 0 Å². The number of hydrogen-bond acceptors (Lipinski definition) is 5. The highest BCUT2D eigenvalue weighted by molar-refractivity contribution is 7.18. The molecule has 3 N–H and O–H groups in total. The lowest BCUT2D eigenvalue weighted by Gasteiger charge is -2.06. The summed E-state index contributed by atoms with van der Waals surface area (Å²) in [6, 6.07) is 15.5. The summed E-state index contributed by atoms with van der Waals surface area (Å²) in [6.07, 6.45) is 0.333. The molecule has 2 amide bonds. The van der Waals surface area contributed by atoms with E-state index in [1.165, 1.54) is 17.4 Å². The van der Waals surface area contributed by atoms with Gasteiger partial charge < -0.3 is 15.4 Å². The maximum absolute atomic E-state index is 13.7. The number of nitrogens with one attached hydrogen (secondary N) is 3. The van der Waals surface area contributed by atoms with Crippen LogP contribution in [-0.4, -0.2) is 29.1 Å². The third kappa shape index (κ3) is 5.12. The number of thiophene rings is 1. The summed E-state index contributed by atoms with van der Waals surface area (Å²) in [4.78, 5) is 26.2. The Bertz CT molecular complexity index is 1270. The molecular formula is C23H21FN4O3S. The molecule has 0 bridgehead atoms.